The molecular formula is C52H65ClF3N7O6S3. The third-order valence-electron chi connectivity index (χ3n) is 14.3. The summed E-state index contributed by atoms with van der Waals surface area (Å²) >= 11 is 7.74. The lowest BCUT2D eigenvalue weighted by Crippen LogP contribution is -2.48. The van der Waals surface area contributed by atoms with Crippen molar-refractivity contribution in [1.82, 2.24) is 19.4 Å². The predicted molar refractivity (Wildman–Crippen MR) is 280 cm³/mol. The molecule has 4 aromatic carbocycles. The molecule has 3 fully saturated rings. The Labute approximate surface area is 431 Å². The van der Waals surface area contributed by atoms with E-state index in [1.54, 1.807) is 12.1 Å². The number of morpholine rings is 1. The van der Waals surface area contributed by atoms with Crippen LogP contribution in [-0.4, -0.2) is 146 Å². The number of piperidine rings is 1. The van der Waals surface area contributed by atoms with Crippen molar-refractivity contribution in [3.63, 3.8) is 0 Å². The summed E-state index contributed by atoms with van der Waals surface area (Å²) in [6, 6.07) is 26.2. The number of allylic oxidation sites excluding steroid dienone is 1. The molecule has 0 spiro atoms. The number of hydrogen-bond donors (Lipinski definition) is 3. The normalized spacial score (nSPS) is 20.9. The van der Waals surface area contributed by atoms with Crippen molar-refractivity contribution in [3.05, 3.63) is 119 Å². The Balaban J connectivity index is 0.918. The van der Waals surface area contributed by atoms with Crippen molar-refractivity contribution in [2.24, 2.45) is 11.1 Å². The van der Waals surface area contributed by atoms with Crippen molar-refractivity contribution in [2.45, 2.75) is 77.7 Å². The molecule has 2 unspecified atom stereocenters. The third-order valence-corrected chi connectivity index (χ3v) is 18.6. The maximum absolute atomic E-state index is 14.2. The highest BCUT2D eigenvalue weighted by atomic mass is 35.5. The molecule has 8 rings (SSSR count). The molecule has 0 aromatic heterocycles. The van der Waals surface area contributed by atoms with Crippen LogP contribution in [0.25, 0.3) is 5.57 Å². The molecule has 13 nitrogen and oxygen atoms in total. The largest absolute Gasteiger partial charge is 0.501 e. The maximum Gasteiger partial charge on any atom is 0.501 e. The van der Waals surface area contributed by atoms with E-state index in [4.69, 9.17) is 22.1 Å². The Bertz CT molecular complexity index is 2730. The SMILES string of the molecule is CC1(CN2CCC(N)CC2)CCC(c2ccc(Cl)cc2)=C(CN2CCN(c3ccc(C(=O)NS(=O)(=O)c4ccc(NC(CCN5CCOCC5)CSc5ccccc5)c(S(=O)(=O)C(F)(F)F)c4)cc3)CC2)C1. The van der Waals surface area contributed by atoms with Crippen LogP contribution in [0.3, 0.4) is 0 Å². The zero-order valence-corrected chi connectivity index (χ0v) is 43.8. The van der Waals surface area contributed by atoms with Crippen LogP contribution in [0.2, 0.25) is 5.02 Å². The number of hydrogen-bond acceptors (Lipinski definition) is 13. The minimum atomic E-state index is -6.06. The second kappa shape index (κ2) is 23.6. The first kappa shape index (κ1) is 54.1. The minimum absolute atomic E-state index is 0.00387. The summed E-state index contributed by atoms with van der Waals surface area (Å²) in [6.07, 6.45) is 5.62. The van der Waals surface area contributed by atoms with E-state index in [0.29, 0.717) is 56.1 Å². The van der Waals surface area contributed by atoms with E-state index in [9.17, 15) is 34.8 Å². The van der Waals surface area contributed by atoms with Gasteiger partial charge in [0.2, 0.25) is 0 Å². The molecule has 1 aliphatic carbocycles. The predicted octanol–water partition coefficient (Wildman–Crippen LogP) is 8.24. The summed E-state index contributed by atoms with van der Waals surface area (Å²) in [5.41, 5.74) is 5.15. The first-order valence-corrected chi connectivity index (χ1v) is 29.0. The van der Waals surface area contributed by atoms with E-state index in [2.05, 4.69) is 44.0 Å². The fraction of sp³-hybridized carbons (Fsp3) is 0.481. The number of benzene rings is 4. The molecule has 72 heavy (non-hydrogen) atoms. The average Bonchev–Trinajstić information content (AvgIpc) is 3.36. The van der Waals surface area contributed by atoms with Crippen LogP contribution in [0.1, 0.15) is 61.4 Å². The monoisotopic (exact) mass is 1070 g/mol. The van der Waals surface area contributed by atoms with Crippen molar-refractivity contribution in [2.75, 3.05) is 101 Å². The molecular weight excluding hydrogens is 1010 g/mol. The van der Waals surface area contributed by atoms with Crippen molar-refractivity contribution in [3.8, 4) is 0 Å². The van der Waals surface area contributed by atoms with E-state index >= 15 is 0 Å². The quantitative estimate of drug-likeness (QED) is 0.0820. The number of alkyl halides is 3. The van der Waals surface area contributed by atoms with Gasteiger partial charge in [0.05, 0.1) is 23.8 Å². The van der Waals surface area contributed by atoms with Crippen LogP contribution in [0, 0.1) is 5.41 Å². The number of nitrogens with zero attached hydrogens (tertiary/aromatic N) is 4. The van der Waals surface area contributed by atoms with Crippen molar-refractivity contribution in [1.29, 1.82) is 0 Å². The number of likely N-dealkylation sites (tertiary alicyclic amines) is 1. The number of anilines is 2. The first-order chi connectivity index (χ1) is 34.3. The average molecular weight is 1070 g/mol. The van der Waals surface area contributed by atoms with Gasteiger partial charge in [0.25, 0.3) is 25.8 Å². The number of amides is 1. The molecule has 0 radical (unpaired) electrons. The fourth-order valence-corrected chi connectivity index (χ4v) is 13.3. The number of halogens is 4. The number of nitrogens with two attached hydrogens (primary N) is 1. The number of thioether (sulfide) groups is 1. The molecule has 4 aromatic rings. The van der Waals surface area contributed by atoms with Gasteiger partial charge in [-0.2, -0.15) is 13.2 Å². The number of carbonyl (C=O) groups excluding carboxylic acids is 1. The van der Waals surface area contributed by atoms with Crippen LogP contribution in [0.15, 0.2) is 117 Å². The summed E-state index contributed by atoms with van der Waals surface area (Å²) in [5.74, 6) is -0.658. The van der Waals surface area contributed by atoms with Gasteiger partial charge in [0, 0.05) is 97.9 Å². The number of ether oxygens (including phenoxy) is 1. The van der Waals surface area contributed by atoms with Gasteiger partial charge in [0.15, 0.2) is 0 Å². The smallest absolute Gasteiger partial charge is 0.380 e. The Hall–Kier alpha value is -4.18. The van der Waals surface area contributed by atoms with E-state index in [1.807, 2.05) is 47.2 Å². The number of sulfonamides is 1. The maximum atomic E-state index is 14.2. The number of piperazine rings is 1. The standard InChI is InChI=1S/C52H65ClF3N7O6S3/c1-51(37-62-22-18-42(57)19-23-62)21-17-47(38-7-11-41(53)12-8-38)40(34-51)35-61-25-27-63(28-26-61)44-13-9-39(10-14-44)50(64)59-72(67,68)46-15-16-48(49(33-46)71(65,66)52(54,55)56)58-43(20-24-60-29-31-69-32-30-60)36-70-45-5-3-2-4-6-45/h2-16,33,42-43,58H,17-32,34-37,57H2,1H3,(H,59,64). The lowest BCUT2D eigenvalue weighted by atomic mass is 9.71. The molecule has 4 N–H and O–H groups in total. The second-order valence-electron chi connectivity index (χ2n) is 19.7. The summed E-state index contributed by atoms with van der Waals surface area (Å²) in [5, 5.41) is 3.71. The van der Waals surface area contributed by atoms with Gasteiger partial charge in [-0.15, -0.1) is 11.8 Å². The van der Waals surface area contributed by atoms with Crippen LogP contribution in [0.4, 0.5) is 24.5 Å². The van der Waals surface area contributed by atoms with E-state index < -0.39 is 52.8 Å². The Morgan fingerprint density at radius 3 is 2.21 bits per heavy atom. The first-order valence-electron chi connectivity index (χ1n) is 24.6. The summed E-state index contributed by atoms with van der Waals surface area (Å²) in [4.78, 5) is 21.7. The molecule has 390 valence electrons. The number of rotatable bonds is 18. The molecule has 3 aliphatic heterocycles. The highest BCUT2D eigenvalue weighted by Crippen LogP contribution is 2.44. The highest BCUT2D eigenvalue weighted by Gasteiger charge is 2.48. The summed E-state index contributed by atoms with van der Waals surface area (Å²) in [7, 11) is -10.9. The second-order valence-corrected chi connectivity index (χ2v) is 24.9. The summed E-state index contributed by atoms with van der Waals surface area (Å²) in [6.45, 7) is 12.5. The van der Waals surface area contributed by atoms with Crippen LogP contribution in [0.5, 0.6) is 0 Å². The summed E-state index contributed by atoms with van der Waals surface area (Å²) < 4.78 is 104. The van der Waals surface area contributed by atoms with Gasteiger partial charge in [-0.05, 0) is 135 Å². The molecule has 1 amide bonds. The highest BCUT2D eigenvalue weighted by molar-refractivity contribution is 7.99. The van der Waals surface area contributed by atoms with Crippen LogP contribution in [-0.2, 0) is 24.6 Å². The van der Waals surface area contributed by atoms with E-state index in [0.717, 1.165) is 107 Å². The molecule has 4 aliphatic rings. The molecule has 0 bridgehead atoms. The number of nitrogens with one attached hydrogen (secondary N) is 2. The van der Waals surface area contributed by atoms with Crippen molar-refractivity contribution < 1.29 is 39.5 Å². The fourth-order valence-electron chi connectivity index (χ4n) is 10.2. The molecule has 3 heterocycles. The third kappa shape index (κ3) is 13.9. The van der Waals surface area contributed by atoms with Crippen LogP contribution < -0.4 is 20.7 Å². The lowest BCUT2D eigenvalue weighted by molar-refractivity contribution is -0.0435. The molecule has 20 heteroatoms. The van der Waals surface area contributed by atoms with E-state index in [-0.39, 0.29) is 17.0 Å². The number of carbonyl (C=O) groups is 1. The Morgan fingerprint density at radius 2 is 1.54 bits per heavy atom. The number of sulfone groups is 1. The topological polar surface area (TPSA) is 158 Å². The van der Waals surface area contributed by atoms with Gasteiger partial charge < -0.3 is 25.6 Å². The van der Waals surface area contributed by atoms with Gasteiger partial charge >= 0.3 is 5.51 Å². The van der Waals surface area contributed by atoms with Gasteiger partial charge in [-0.25, -0.2) is 21.6 Å². The van der Waals surface area contributed by atoms with Gasteiger partial charge in [-0.1, -0.05) is 54.4 Å². The zero-order chi connectivity index (χ0) is 51.1. The van der Waals surface area contributed by atoms with Crippen LogP contribution >= 0.6 is 23.4 Å². The zero-order valence-electron chi connectivity index (χ0n) is 40.6. The van der Waals surface area contributed by atoms with Gasteiger partial charge in [0.1, 0.15) is 4.90 Å². The van der Waals surface area contributed by atoms with E-state index in [1.165, 1.54) is 40.6 Å². The minimum Gasteiger partial charge on any atom is -0.380 e. The lowest BCUT2D eigenvalue weighted by Gasteiger charge is -2.43. The van der Waals surface area contributed by atoms with Crippen molar-refractivity contribution >= 4 is 66.1 Å². The molecule has 2 atom stereocenters. The van der Waals surface area contributed by atoms with Gasteiger partial charge in [-0.3, -0.25) is 14.6 Å². The molecule has 0 saturated carbocycles. The Morgan fingerprint density at radius 1 is 0.861 bits per heavy atom. The molecule has 3 saturated heterocycles. The Kier molecular flexibility index (Phi) is 17.7.